The van der Waals surface area contributed by atoms with Crippen molar-refractivity contribution < 1.29 is 18.3 Å². The highest BCUT2D eigenvalue weighted by Crippen LogP contribution is 2.30. The van der Waals surface area contributed by atoms with Crippen molar-refractivity contribution in [2.24, 2.45) is 12.2 Å². The summed E-state index contributed by atoms with van der Waals surface area (Å²) in [5.74, 6) is -1.25. The van der Waals surface area contributed by atoms with Crippen LogP contribution in [0.15, 0.2) is 39.5 Å². The minimum Gasteiger partial charge on any atom is -0.478 e. The lowest BCUT2D eigenvalue weighted by Crippen LogP contribution is -2.13. The molecule has 2 aromatic rings. The van der Waals surface area contributed by atoms with E-state index in [1.165, 1.54) is 18.5 Å². The second kappa shape index (κ2) is 5.23. The average molecular weight is 314 g/mol. The Morgan fingerprint density at radius 2 is 2.15 bits per heavy atom. The van der Waals surface area contributed by atoms with Crippen molar-refractivity contribution in [3.05, 3.63) is 30.1 Å². The Balaban J connectivity index is 2.49. The number of primary sulfonamides is 1. The minimum absolute atomic E-state index is 0.162. The quantitative estimate of drug-likeness (QED) is 0.831. The number of hydrogen-bond acceptors (Lipinski definition) is 6. The van der Waals surface area contributed by atoms with E-state index in [0.29, 0.717) is 10.1 Å². The van der Waals surface area contributed by atoms with Crippen LogP contribution in [0.2, 0.25) is 0 Å². The lowest BCUT2D eigenvalue weighted by molar-refractivity contribution is 0.0693. The van der Waals surface area contributed by atoms with Crippen molar-refractivity contribution in [2.75, 3.05) is 0 Å². The summed E-state index contributed by atoms with van der Waals surface area (Å²) in [4.78, 5) is 11.3. The van der Waals surface area contributed by atoms with E-state index in [1.54, 1.807) is 11.6 Å². The molecule has 1 aromatic carbocycles. The van der Waals surface area contributed by atoms with E-state index in [2.05, 4.69) is 10.2 Å². The molecule has 106 valence electrons. The zero-order chi connectivity index (χ0) is 14.9. The highest BCUT2D eigenvalue weighted by Gasteiger charge is 2.18. The first-order chi connectivity index (χ1) is 9.29. The molecular weight excluding hydrogens is 304 g/mol. The standard InChI is InChI=1S/C10H10N4O4S2/c1-14-5-12-13-10(14)19-8-3-2-6(20(11,17)18)4-7(8)9(15)16/h2-5H,1H3,(H,15,16)(H2,11,17,18). The lowest BCUT2D eigenvalue weighted by atomic mass is 10.2. The molecule has 0 saturated carbocycles. The van der Waals surface area contributed by atoms with Crippen LogP contribution in [0.25, 0.3) is 0 Å². The number of sulfonamides is 1. The molecule has 0 aliphatic carbocycles. The summed E-state index contributed by atoms with van der Waals surface area (Å²) >= 11 is 1.07. The molecule has 10 heteroatoms. The summed E-state index contributed by atoms with van der Waals surface area (Å²) in [5, 5.41) is 22.1. The van der Waals surface area contributed by atoms with Crippen LogP contribution in [0.5, 0.6) is 0 Å². The first kappa shape index (κ1) is 14.5. The zero-order valence-electron chi connectivity index (χ0n) is 10.2. The number of carboxylic acid groups (broad SMARTS) is 1. The maximum absolute atomic E-state index is 11.2. The van der Waals surface area contributed by atoms with Gasteiger partial charge in [-0.05, 0) is 30.0 Å². The second-order valence-corrected chi connectivity index (χ2v) is 6.41. The van der Waals surface area contributed by atoms with Crippen molar-refractivity contribution in [1.82, 2.24) is 14.8 Å². The number of rotatable bonds is 4. The summed E-state index contributed by atoms with van der Waals surface area (Å²) in [5.41, 5.74) is -0.162. The van der Waals surface area contributed by atoms with E-state index in [-0.39, 0.29) is 10.5 Å². The van der Waals surface area contributed by atoms with Gasteiger partial charge in [0.2, 0.25) is 10.0 Å². The Morgan fingerprint density at radius 1 is 1.45 bits per heavy atom. The Bertz CT molecular complexity index is 769. The Kier molecular flexibility index (Phi) is 3.79. The fourth-order valence-electron chi connectivity index (χ4n) is 1.41. The first-order valence-electron chi connectivity index (χ1n) is 5.21. The molecule has 0 aliphatic heterocycles. The van der Waals surface area contributed by atoms with Gasteiger partial charge in [0.15, 0.2) is 5.16 Å². The molecule has 0 radical (unpaired) electrons. The number of carboxylic acids is 1. The summed E-state index contributed by atoms with van der Waals surface area (Å²) in [6.07, 6.45) is 1.47. The van der Waals surface area contributed by atoms with E-state index < -0.39 is 16.0 Å². The van der Waals surface area contributed by atoms with E-state index in [1.807, 2.05) is 0 Å². The number of hydrogen-bond donors (Lipinski definition) is 2. The van der Waals surface area contributed by atoms with Crippen molar-refractivity contribution in [3.8, 4) is 0 Å². The number of aromatic nitrogens is 3. The van der Waals surface area contributed by atoms with Gasteiger partial charge in [0, 0.05) is 11.9 Å². The number of aryl methyl sites for hydroxylation is 1. The largest absolute Gasteiger partial charge is 0.478 e. The molecular formula is C10H10N4O4S2. The SMILES string of the molecule is Cn1cnnc1Sc1ccc(S(N)(=O)=O)cc1C(=O)O. The van der Waals surface area contributed by atoms with Crippen molar-refractivity contribution in [1.29, 1.82) is 0 Å². The predicted octanol–water partition coefficient (Wildman–Crippen LogP) is 0.312. The summed E-state index contributed by atoms with van der Waals surface area (Å²) in [7, 11) is -2.24. The van der Waals surface area contributed by atoms with Crippen molar-refractivity contribution >= 4 is 27.8 Å². The molecule has 20 heavy (non-hydrogen) atoms. The number of nitrogens with two attached hydrogens (primary N) is 1. The molecule has 2 rings (SSSR count). The summed E-state index contributed by atoms with van der Waals surface area (Å²) in [6.45, 7) is 0. The third-order valence-electron chi connectivity index (χ3n) is 2.38. The molecule has 0 aliphatic rings. The van der Waals surface area contributed by atoms with Gasteiger partial charge in [-0.25, -0.2) is 18.4 Å². The van der Waals surface area contributed by atoms with Gasteiger partial charge in [0.05, 0.1) is 10.5 Å². The maximum Gasteiger partial charge on any atom is 0.336 e. The number of carbonyl (C=O) groups is 1. The van der Waals surface area contributed by atoms with Crippen LogP contribution in [-0.4, -0.2) is 34.3 Å². The second-order valence-electron chi connectivity index (χ2n) is 3.83. The molecule has 8 nitrogen and oxygen atoms in total. The lowest BCUT2D eigenvalue weighted by Gasteiger charge is -2.07. The number of benzene rings is 1. The zero-order valence-corrected chi connectivity index (χ0v) is 11.8. The molecule has 1 aromatic heterocycles. The molecule has 3 N–H and O–H groups in total. The third kappa shape index (κ3) is 2.98. The Morgan fingerprint density at radius 3 is 2.65 bits per heavy atom. The van der Waals surface area contributed by atoms with Crippen LogP contribution < -0.4 is 5.14 Å². The fraction of sp³-hybridized carbons (Fsp3) is 0.100. The smallest absolute Gasteiger partial charge is 0.336 e. The van der Waals surface area contributed by atoms with E-state index >= 15 is 0 Å². The molecule has 0 atom stereocenters. The van der Waals surface area contributed by atoms with Crippen LogP contribution in [0.1, 0.15) is 10.4 Å². The topological polar surface area (TPSA) is 128 Å². The average Bonchev–Trinajstić information content (AvgIpc) is 2.74. The van der Waals surface area contributed by atoms with E-state index in [4.69, 9.17) is 10.2 Å². The van der Waals surface area contributed by atoms with Crippen LogP contribution >= 0.6 is 11.8 Å². The Hall–Kier alpha value is -1.91. The molecule has 0 spiro atoms. The fourth-order valence-corrected chi connectivity index (χ4v) is 2.81. The highest BCUT2D eigenvalue weighted by molar-refractivity contribution is 7.99. The van der Waals surface area contributed by atoms with Gasteiger partial charge in [-0.2, -0.15) is 0 Å². The van der Waals surface area contributed by atoms with Gasteiger partial charge in [0.1, 0.15) is 6.33 Å². The molecule has 0 bridgehead atoms. The summed E-state index contributed by atoms with van der Waals surface area (Å²) < 4.78 is 24.1. The van der Waals surface area contributed by atoms with Crippen molar-refractivity contribution in [3.63, 3.8) is 0 Å². The van der Waals surface area contributed by atoms with Gasteiger partial charge in [-0.15, -0.1) is 10.2 Å². The van der Waals surface area contributed by atoms with Gasteiger partial charge < -0.3 is 9.67 Å². The molecule has 0 saturated heterocycles. The molecule has 0 amide bonds. The normalized spacial score (nSPS) is 11.5. The maximum atomic E-state index is 11.2. The number of nitrogens with zero attached hydrogens (tertiary/aromatic N) is 3. The first-order valence-corrected chi connectivity index (χ1v) is 7.57. The van der Waals surface area contributed by atoms with Crippen LogP contribution in [0.3, 0.4) is 0 Å². The number of aromatic carboxylic acids is 1. The van der Waals surface area contributed by atoms with Crippen LogP contribution in [0.4, 0.5) is 0 Å². The van der Waals surface area contributed by atoms with Crippen LogP contribution in [0, 0.1) is 0 Å². The van der Waals surface area contributed by atoms with Crippen LogP contribution in [-0.2, 0) is 17.1 Å². The highest BCUT2D eigenvalue weighted by atomic mass is 32.2. The van der Waals surface area contributed by atoms with E-state index in [9.17, 15) is 13.2 Å². The Labute approximate surface area is 118 Å². The van der Waals surface area contributed by atoms with E-state index in [0.717, 1.165) is 17.8 Å². The predicted molar refractivity (Wildman–Crippen MR) is 69.9 cm³/mol. The monoisotopic (exact) mass is 314 g/mol. The molecule has 1 heterocycles. The van der Waals surface area contributed by atoms with Gasteiger partial charge in [-0.3, -0.25) is 0 Å². The summed E-state index contributed by atoms with van der Waals surface area (Å²) in [6, 6.07) is 3.65. The molecule has 0 fully saturated rings. The van der Waals surface area contributed by atoms with Crippen molar-refractivity contribution in [2.45, 2.75) is 14.9 Å². The molecule has 0 unspecified atom stereocenters. The minimum atomic E-state index is -3.95. The van der Waals surface area contributed by atoms with Gasteiger partial charge >= 0.3 is 5.97 Å². The van der Waals surface area contributed by atoms with Gasteiger partial charge in [0.25, 0.3) is 0 Å². The van der Waals surface area contributed by atoms with Gasteiger partial charge in [-0.1, -0.05) is 0 Å². The third-order valence-corrected chi connectivity index (χ3v) is 4.42.